The lowest BCUT2D eigenvalue weighted by atomic mass is 10.1. The second kappa shape index (κ2) is 4.64. The molecule has 0 saturated heterocycles. The maximum absolute atomic E-state index is 5.83. The third kappa shape index (κ3) is 2.01. The summed E-state index contributed by atoms with van der Waals surface area (Å²) in [5.74, 6) is 3.41. The van der Waals surface area contributed by atoms with E-state index in [1.54, 1.807) is 14.2 Å². The third-order valence-corrected chi connectivity index (χ3v) is 2.96. The number of fused-ring (bicyclic) bond motifs is 1. The van der Waals surface area contributed by atoms with Crippen molar-refractivity contribution in [1.29, 1.82) is 0 Å². The molecule has 0 amide bonds. The predicted octanol–water partition coefficient (Wildman–Crippen LogP) is 1.80. The van der Waals surface area contributed by atoms with Gasteiger partial charge < -0.3 is 14.2 Å². The van der Waals surface area contributed by atoms with E-state index in [0.717, 1.165) is 11.3 Å². The number of hydrogen-bond donors (Lipinski definition) is 1. The van der Waals surface area contributed by atoms with E-state index in [2.05, 4.69) is 15.2 Å². The van der Waals surface area contributed by atoms with Gasteiger partial charge in [0.15, 0.2) is 11.6 Å². The van der Waals surface area contributed by atoms with Crippen LogP contribution in [0.15, 0.2) is 24.5 Å². The highest BCUT2D eigenvalue weighted by atomic mass is 16.5. The van der Waals surface area contributed by atoms with Gasteiger partial charge in [0.05, 0.1) is 14.2 Å². The van der Waals surface area contributed by atoms with Gasteiger partial charge in [-0.15, -0.1) is 0 Å². The van der Waals surface area contributed by atoms with Crippen molar-refractivity contribution in [2.75, 3.05) is 14.2 Å². The maximum atomic E-state index is 5.83. The Bertz CT molecular complexity index is 620. The highest BCUT2D eigenvalue weighted by molar-refractivity contribution is 5.64. The summed E-state index contributed by atoms with van der Waals surface area (Å²) in [6.07, 6.45) is 4.09. The van der Waals surface area contributed by atoms with Crippen molar-refractivity contribution in [3.8, 4) is 17.2 Å². The number of nitrogens with zero attached hydrogens (tertiary/aromatic N) is 2. The lowest BCUT2D eigenvalue weighted by Crippen LogP contribution is -2.07. The van der Waals surface area contributed by atoms with E-state index in [1.807, 2.05) is 18.2 Å². The summed E-state index contributed by atoms with van der Waals surface area (Å²) >= 11 is 0. The van der Waals surface area contributed by atoms with Crippen molar-refractivity contribution < 1.29 is 14.2 Å². The number of rotatable bonds is 3. The lowest BCUT2D eigenvalue weighted by Gasteiger charge is -2.20. The number of aromatic nitrogens is 3. The molecule has 2 heterocycles. The van der Waals surface area contributed by atoms with Crippen molar-refractivity contribution >= 4 is 5.76 Å². The van der Waals surface area contributed by atoms with Gasteiger partial charge in [0.1, 0.15) is 23.6 Å². The molecule has 19 heavy (non-hydrogen) atoms. The molecule has 3 rings (SSSR count). The number of nitrogens with one attached hydrogen (secondary N) is 1. The molecule has 1 aromatic heterocycles. The molecule has 0 saturated carbocycles. The monoisotopic (exact) mass is 259 g/mol. The minimum atomic E-state index is 0.604. The minimum Gasteiger partial charge on any atom is -0.496 e. The van der Waals surface area contributed by atoms with Gasteiger partial charge in [0.25, 0.3) is 0 Å². The van der Waals surface area contributed by atoms with Crippen molar-refractivity contribution in [2.45, 2.75) is 6.42 Å². The van der Waals surface area contributed by atoms with Crippen LogP contribution >= 0.6 is 0 Å². The lowest BCUT2D eigenvalue weighted by molar-refractivity contribution is 0.382. The Balaban J connectivity index is 2.00. The number of hydrogen-bond acceptors (Lipinski definition) is 5. The summed E-state index contributed by atoms with van der Waals surface area (Å²) in [5.41, 5.74) is 0.992. The fourth-order valence-electron chi connectivity index (χ4n) is 2.01. The second-order valence-corrected chi connectivity index (χ2v) is 4.01. The fraction of sp³-hybridized carbons (Fsp3) is 0.231. The standard InChI is InChI=1S/C13H13N3O3/c1-17-8-5-11(18-2)9-3-4-10(19-12(9)6-8)13-14-7-15-16-13/h4-7H,3H2,1-2H3,(H,14,15,16). The van der Waals surface area contributed by atoms with E-state index >= 15 is 0 Å². The fourth-order valence-corrected chi connectivity index (χ4v) is 2.01. The quantitative estimate of drug-likeness (QED) is 0.910. The zero-order valence-corrected chi connectivity index (χ0v) is 10.6. The van der Waals surface area contributed by atoms with Crippen LogP contribution in [0.2, 0.25) is 0 Å². The normalized spacial score (nSPS) is 13.3. The summed E-state index contributed by atoms with van der Waals surface area (Å²) < 4.78 is 16.4. The molecule has 0 fully saturated rings. The van der Waals surface area contributed by atoms with Crippen LogP contribution in [0.1, 0.15) is 11.4 Å². The third-order valence-electron chi connectivity index (χ3n) is 2.96. The van der Waals surface area contributed by atoms with Gasteiger partial charge in [0.2, 0.25) is 0 Å². The number of aromatic amines is 1. The number of ether oxygens (including phenoxy) is 3. The van der Waals surface area contributed by atoms with Gasteiger partial charge in [-0.3, -0.25) is 5.10 Å². The zero-order valence-electron chi connectivity index (χ0n) is 10.6. The van der Waals surface area contributed by atoms with Gasteiger partial charge in [-0.25, -0.2) is 4.98 Å². The first-order valence-electron chi connectivity index (χ1n) is 5.80. The van der Waals surface area contributed by atoms with Crippen LogP contribution in [0, 0.1) is 0 Å². The molecule has 1 aliphatic rings. The van der Waals surface area contributed by atoms with Gasteiger partial charge in [-0.2, -0.15) is 5.10 Å². The largest absolute Gasteiger partial charge is 0.496 e. The summed E-state index contributed by atoms with van der Waals surface area (Å²) in [5, 5.41) is 6.59. The molecule has 98 valence electrons. The molecular weight excluding hydrogens is 246 g/mol. The molecule has 2 aromatic rings. The topological polar surface area (TPSA) is 69.3 Å². The van der Waals surface area contributed by atoms with E-state index in [-0.39, 0.29) is 0 Å². The molecule has 1 N–H and O–H groups in total. The average molecular weight is 259 g/mol. The summed E-state index contributed by atoms with van der Waals surface area (Å²) in [4.78, 5) is 4.08. The van der Waals surface area contributed by atoms with Crippen molar-refractivity contribution in [3.63, 3.8) is 0 Å². The van der Waals surface area contributed by atoms with Gasteiger partial charge in [-0.05, 0) is 6.08 Å². The highest BCUT2D eigenvalue weighted by Gasteiger charge is 2.20. The van der Waals surface area contributed by atoms with E-state index in [4.69, 9.17) is 14.2 Å². The molecule has 0 aliphatic carbocycles. The van der Waals surface area contributed by atoms with Crippen molar-refractivity contribution in [2.24, 2.45) is 0 Å². The first-order valence-corrected chi connectivity index (χ1v) is 5.80. The zero-order chi connectivity index (χ0) is 13.2. The number of allylic oxidation sites excluding steroid dienone is 1. The first kappa shape index (κ1) is 11.6. The average Bonchev–Trinajstić information content (AvgIpc) is 2.99. The maximum Gasteiger partial charge on any atom is 0.191 e. The number of H-pyrrole nitrogens is 1. The van der Waals surface area contributed by atoms with E-state index in [1.165, 1.54) is 6.33 Å². The first-order chi connectivity index (χ1) is 9.31. The van der Waals surface area contributed by atoms with Crippen LogP contribution in [0.5, 0.6) is 17.2 Å². The van der Waals surface area contributed by atoms with Crippen LogP contribution in [-0.2, 0) is 6.42 Å². The number of benzene rings is 1. The Morgan fingerprint density at radius 3 is 2.84 bits per heavy atom. The van der Waals surface area contributed by atoms with Crippen LogP contribution in [0.25, 0.3) is 5.76 Å². The van der Waals surface area contributed by atoms with Crippen molar-refractivity contribution in [1.82, 2.24) is 15.2 Å². The molecule has 0 bridgehead atoms. The van der Waals surface area contributed by atoms with Crippen LogP contribution in [0.4, 0.5) is 0 Å². The van der Waals surface area contributed by atoms with Gasteiger partial charge in [0, 0.05) is 24.1 Å². The SMILES string of the molecule is COc1cc(OC)c2c(c1)OC(c1ncn[nH]1)=CC2. The minimum absolute atomic E-state index is 0.604. The smallest absolute Gasteiger partial charge is 0.191 e. The van der Waals surface area contributed by atoms with Crippen LogP contribution in [0.3, 0.4) is 0 Å². The highest BCUT2D eigenvalue weighted by Crippen LogP contribution is 2.39. The molecule has 1 aliphatic heterocycles. The van der Waals surface area contributed by atoms with E-state index in [9.17, 15) is 0 Å². The number of methoxy groups -OCH3 is 2. The molecule has 6 heteroatoms. The second-order valence-electron chi connectivity index (χ2n) is 4.01. The Labute approximate surface area is 110 Å². The Morgan fingerprint density at radius 2 is 2.16 bits per heavy atom. The van der Waals surface area contributed by atoms with Gasteiger partial charge in [-0.1, -0.05) is 0 Å². The van der Waals surface area contributed by atoms with Crippen molar-refractivity contribution in [3.05, 3.63) is 35.9 Å². The molecule has 0 spiro atoms. The predicted molar refractivity (Wildman–Crippen MR) is 68.2 cm³/mol. The Hall–Kier alpha value is -2.50. The summed E-state index contributed by atoms with van der Waals surface area (Å²) in [6.45, 7) is 0. The van der Waals surface area contributed by atoms with E-state index < -0.39 is 0 Å². The Kier molecular flexibility index (Phi) is 2.83. The van der Waals surface area contributed by atoms with Gasteiger partial charge >= 0.3 is 0 Å². The molecular formula is C13H13N3O3. The van der Waals surface area contributed by atoms with Crippen LogP contribution < -0.4 is 14.2 Å². The molecule has 1 aromatic carbocycles. The van der Waals surface area contributed by atoms with Crippen LogP contribution in [-0.4, -0.2) is 29.4 Å². The molecule has 0 unspecified atom stereocenters. The summed E-state index contributed by atoms with van der Waals surface area (Å²) in [7, 11) is 3.24. The molecule has 0 atom stereocenters. The van der Waals surface area contributed by atoms with E-state index in [0.29, 0.717) is 29.5 Å². The molecule has 6 nitrogen and oxygen atoms in total. The summed E-state index contributed by atoms with van der Waals surface area (Å²) in [6, 6.07) is 3.68. The molecule has 0 radical (unpaired) electrons. The Morgan fingerprint density at radius 1 is 1.26 bits per heavy atom.